The third-order valence-corrected chi connectivity index (χ3v) is 2.91. The van der Waals surface area contributed by atoms with Crippen LogP contribution in [0, 0.1) is 0 Å². The van der Waals surface area contributed by atoms with Crippen molar-refractivity contribution in [2.45, 2.75) is 26.7 Å². The van der Waals surface area contributed by atoms with E-state index in [2.05, 4.69) is 10.3 Å². The van der Waals surface area contributed by atoms with Crippen LogP contribution in [0.3, 0.4) is 0 Å². The highest BCUT2D eigenvalue weighted by molar-refractivity contribution is 5.93. The number of carbonyl (C=O) groups is 1. The Balaban J connectivity index is 2.51. The molecule has 1 aromatic carbocycles. The fourth-order valence-electron chi connectivity index (χ4n) is 1.95. The maximum absolute atomic E-state index is 11.5. The minimum atomic E-state index is -0.113. The van der Waals surface area contributed by atoms with Gasteiger partial charge in [0, 0.05) is 23.6 Å². The Kier molecular flexibility index (Phi) is 3.46. The topological polar surface area (TPSA) is 62.0 Å². The molecule has 0 aliphatic rings. The van der Waals surface area contributed by atoms with Crippen LogP contribution in [-0.2, 0) is 11.2 Å². The molecule has 2 rings (SSSR count). The van der Waals surface area contributed by atoms with Crippen LogP contribution < -0.4 is 10.9 Å². The minimum absolute atomic E-state index is 0.0386. The number of nitrogens with one attached hydrogen (secondary N) is 2. The van der Waals surface area contributed by atoms with E-state index in [1.54, 1.807) is 19.1 Å². The van der Waals surface area contributed by atoms with E-state index in [-0.39, 0.29) is 11.5 Å². The molecule has 1 amide bonds. The van der Waals surface area contributed by atoms with Crippen LogP contribution >= 0.6 is 0 Å². The number of amides is 1. The van der Waals surface area contributed by atoms with Gasteiger partial charge in [-0.05, 0) is 24.1 Å². The van der Waals surface area contributed by atoms with E-state index in [0.717, 1.165) is 22.9 Å². The van der Waals surface area contributed by atoms with E-state index < -0.39 is 0 Å². The van der Waals surface area contributed by atoms with Gasteiger partial charge in [-0.2, -0.15) is 0 Å². The first-order valence-electron chi connectivity index (χ1n) is 6.09. The number of benzene rings is 1. The summed E-state index contributed by atoms with van der Waals surface area (Å²) in [5.41, 5.74) is 2.37. The van der Waals surface area contributed by atoms with E-state index in [1.807, 2.05) is 19.1 Å². The third-order valence-electron chi connectivity index (χ3n) is 2.91. The Bertz CT molecular complexity index is 644. The average Bonchev–Trinajstić information content (AvgIpc) is 2.37. The van der Waals surface area contributed by atoms with Crippen molar-refractivity contribution in [1.82, 2.24) is 4.98 Å². The molecule has 0 saturated carbocycles. The van der Waals surface area contributed by atoms with Gasteiger partial charge >= 0.3 is 0 Å². The number of hydrogen-bond donors (Lipinski definition) is 2. The summed E-state index contributed by atoms with van der Waals surface area (Å²) in [7, 11) is 0. The Morgan fingerprint density at radius 2 is 2.06 bits per heavy atom. The minimum Gasteiger partial charge on any atom is -0.326 e. The smallest absolute Gasteiger partial charge is 0.248 e. The number of pyridine rings is 1. The maximum Gasteiger partial charge on any atom is 0.248 e. The lowest BCUT2D eigenvalue weighted by atomic mass is 10.1. The van der Waals surface area contributed by atoms with E-state index in [1.165, 1.54) is 0 Å². The fourth-order valence-corrected chi connectivity index (χ4v) is 1.95. The second-order valence-electron chi connectivity index (χ2n) is 4.17. The molecule has 18 heavy (non-hydrogen) atoms. The largest absolute Gasteiger partial charge is 0.326 e. The number of carbonyl (C=O) groups excluding carboxylic acids is 1. The Morgan fingerprint density at radius 1 is 1.28 bits per heavy atom. The molecule has 0 spiro atoms. The molecule has 0 aliphatic heterocycles. The Labute approximate surface area is 105 Å². The summed E-state index contributed by atoms with van der Waals surface area (Å²) in [6.07, 6.45) is 1.24. The van der Waals surface area contributed by atoms with Gasteiger partial charge in [0.05, 0.1) is 5.52 Å². The molecule has 0 atom stereocenters. The molecule has 0 unspecified atom stereocenters. The van der Waals surface area contributed by atoms with Crippen LogP contribution in [0.15, 0.2) is 29.1 Å². The zero-order chi connectivity index (χ0) is 13.1. The molecule has 1 aromatic heterocycles. The van der Waals surface area contributed by atoms with Gasteiger partial charge in [-0.25, -0.2) is 0 Å². The number of aromatic nitrogens is 1. The highest BCUT2D eigenvalue weighted by atomic mass is 16.1. The van der Waals surface area contributed by atoms with E-state index in [0.29, 0.717) is 12.1 Å². The van der Waals surface area contributed by atoms with Crippen LogP contribution in [0.5, 0.6) is 0 Å². The first-order valence-corrected chi connectivity index (χ1v) is 6.09. The van der Waals surface area contributed by atoms with Crippen molar-refractivity contribution in [3.05, 3.63) is 40.2 Å². The van der Waals surface area contributed by atoms with Crippen molar-refractivity contribution in [3.8, 4) is 0 Å². The number of rotatable bonds is 3. The lowest BCUT2D eigenvalue weighted by Gasteiger charge is -2.07. The van der Waals surface area contributed by atoms with E-state index in [4.69, 9.17) is 0 Å². The number of fused-ring (bicyclic) bond motifs is 1. The van der Waals surface area contributed by atoms with Crippen LogP contribution in [0.25, 0.3) is 10.9 Å². The molecule has 0 fully saturated rings. The van der Waals surface area contributed by atoms with Crippen LogP contribution in [0.2, 0.25) is 0 Å². The van der Waals surface area contributed by atoms with Crippen molar-refractivity contribution in [2.24, 2.45) is 0 Å². The van der Waals surface area contributed by atoms with Gasteiger partial charge in [-0.1, -0.05) is 19.9 Å². The van der Waals surface area contributed by atoms with Crippen molar-refractivity contribution in [1.29, 1.82) is 0 Å². The quantitative estimate of drug-likeness (QED) is 0.871. The van der Waals surface area contributed by atoms with Gasteiger partial charge in [0.25, 0.3) is 0 Å². The Morgan fingerprint density at radius 3 is 2.72 bits per heavy atom. The molecule has 2 aromatic rings. The highest BCUT2D eigenvalue weighted by Crippen LogP contribution is 2.20. The van der Waals surface area contributed by atoms with Crippen molar-refractivity contribution < 1.29 is 4.79 Å². The molecule has 94 valence electrons. The fraction of sp³-hybridized carbons (Fsp3) is 0.286. The van der Waals surface area contributed by atoms with Gasteiger partial charge in [0.1, 0.15) is 0 Å². The monoisotopic (exact) mass is 244 g/mol. The van der Waals surface area contributed by atoms with Gasteiger partial charge in [-0.3, -0.25) is 9.59 Å². The van der Waals surface area contributed by atoms with Crippen molar-refractivity contribution in [3.63, 3.8) is 0 Å². The molecular formula is C14H16N2O2. The number of aromatic amines is 1. The normalized spacial score (nSPS) is 10.6. The van der Waals surface area contributed by atoms with Gasteiger partial charge < -0.3 is 10.3 Å². The van der Waals surface area contributed by atoms with Crippen molar-refractivity contribution in [2.75, 3.05) is 5.32 Å². The summed E-state index contributed by atoms with van der Waals surface area (Å²) in [6.45, 7) is 3.81. The second kappa shape index (κ2) is 5.04. The number of aryl methyl sites for hydroxylation is 1. The summed E-state index contributed by atoms with van der Waals surface area (Å²) >= 11 is 0. The summed E-state index contributed by atoms with van der Waals surface area (Å²) in [4.78, 5) is 25.6. The van der Waals surface area contributed by atoms with Crippen molar-refractivity contribution >= 4 is 22.5 Å². The lowest BCUT2D eigenvalue weighted by molar-refractivity contribution is -0.115. The SMILES string of the molecule is CCC(=O)Nc1ccc2c(CC)cc(=O)[nH]c2c1. The Hall–Kier alpha value is -2.10. The molecule has 2 N–H and O–H groups in total. The number of anilines is 1. The summed E-state index contributed by atoms with van der Waals surface area (Å²) in [5.74, 6) is -0.0386. The third kappa shape index (κ3) is 2.42. The molecule has 0 bridgehead atoms. The maximum atomic E-state index is 11.5. The van der Waals surface area contributed by atoms with E-state index in [9.17, 15) is 9.59 Å². The highest BCUT2D eigenvalue weighted by Gasteiger charge is 2.04. The van der Waals surface area contributed by atoms with Gasteiger partial charge in [0.2, 0.25) is 11.5 Å². The zero-order valence-corrected chi connectivity index (χ0v) is 10.5. The molecule has 0 saturated heterocycles. The average molecular weight is 244 g/mol. The summed E-state index contributed by atoms with van der Waals surface area (Å²) < 4.78 is 0. The molecule has 4 nitrogen and oxygen atoms in total. The van der Waals surface area contributed by atoms with Crippen LogP contribution in [0.1, 0.15) is 25.8 Å². The van der Waals surface area contributed by atoms with Crippen LogP contribution in [-0.4, -0.2) is 10.9 Å². The molecule has 0 radical (unpaired) electrons. The van der Waals surface area contributed by atoms with Crippen LogP contribution in [0.4, 0.5) is 5.69 Å². The number of hydrogen-bond acceptors (Lipinski definition) is 2. The molecule has 1 heterocycles. The predicted octanol–water partition coefficient (Wildman–Crippen LogP) is 2.44. The standard InChI is InChI=1S/C14H16N2O2/c1-3-9-7-14(18)16-12-8-10(5-6-11(9)12)15-13(17)4-2/h5-8H,3-4H2,1-2H3,(H,15,17)(H,16,18). The predicted molar refractivity (Wildman–Crippen MR) is 72.9 cm³/mol. The first-order chi connectivity index (χ1) is 8.63. The van der Waals surface area contributed by atoms with E-state index >= 15 is 0 Å². The second-order valence-corrected chi connectivity index (χ2v) is 4.17. The zero-order valence-electron chi connectivity index (χ0n) is 10.5. The molecule has 4 heteroatoms. The molecule has 0 aliphatic carbocycles. The van der Waals surface area contributed by atoms with Gasteiger partial charge in [0.15, 0.2) is 0 Å². The molecular weight excluding hydrogens is 228 g/mol. The summed E-state index contributed by atoms with van der Waals surface area (Å²) in [6, 6.07) is 7.19. The lowest BCUT2D eigenvalue weighted by Crippen LogP contribution is -2.10. The first kappa shape index (κ1) is 12.4. The van der Waals surface area contributed by atoms with Gasteiger partial charge in [-0.15, -0.1) is 0 Å². The number of H-pyrrole nitrogens is 1. The summed E-state index contributed by atoms with van der Waals surface area (Å²) in [5, 5.41) is 3.80.